The van der Waals surface area contributed by atoms with E-state index in [0.717, 1.165) is 25.9 Å². The van der Waals surface area contributed by atoms with Crippen LogP contribution < -0.4 is 0 Å². The lowest BCUT2D eigenvalue weighted by molar-refractivity contribution is -0.117. The number of ether oxygens (including phenoxy) is 1. The monoisotopic (exact) mass is 264 g/mol. The van der Waals surface area contributed by atoms with Crippen LogP contribution in [0.1, 0.15) is 31.2 Å². The van der Waals surface area contributed by atoms with E-state index < -0.39 is 0 Å². The average molecular weight is 264 g/mol. The van der Waals surface area contributed by atoms with Gasteiger partial charge in [-0.2, -0.15) is 0 Å². The first-order valence-corrected chi connectivity index (χ1v) is 7.55. The molecule has 0 aliphatic carbocycles. The summed E-state index contributed by atoms with van der Waals surface area (Å²) in [5, 5.41) is 0. The van der Waals surface area contributed by atoms with Crippen LogP contribution in [0, 0.1) is 6.92 Å². The molecule has 98 valence electrons. The first-order valence-electron chi connectivity index (χ1n) is 6.57. The molecule has 1 atom stereocenters. The van der Waals surface area contributed by atoms with Crippen molar-refractivity contribution in [1.29, 1.82) is 0 Å². The number of Topliss-reactive ketones (excluding diaryl/α,β-unsaturated/α-hetero) is 1. The van der Waals surface area contributed by atoms with E-state index >= 15 is 0 Å². The van der Waals surface area contributed by atoms with Gasteiger partial charge in [-0.15, -0.1) is 11.8 Å². The third-order valence-corrected chi connectivity index (χ3v) is 4.21. The third kappa shape index (κ3) is 4.46. The van der Waals surface area contributed by atoms with Crippen molar-refractivity contribution in [3.05, 3.63) is 29.8 Å². The predicted molar refractivity (Wildman–Crippen MR) is 75.1 cm³/mol. The Morgan fingerprint density at radius 1 is 1.50 bits per heavy atom. The molecule has 0 bridgehead atoms. The molecule has 0 saturated carbocycles. The average Bonchev–Trinajstić information content (AvgIpc) is 2.87. The molecule has 1 saturated heterocycles. The molecule has 0 amide bonds. The molecule has 18 heavy (non-hydrogen) atoms. The second-order valence-corrected chi connectivity index (χ2v) is 5.87. The van der Waals surface area contributed by atoms with Crippen molar-refractivity contribution < 1.29 is 9.53 Å². The van der Waals surface area contributed by atoms with Gasteiger partial charge in [-0.05, 0) is 38.3 Å². The Balaban J connectivity index is 1.68. The van der Waals surface area contributed by atoms with E-state index in [2.05, 4.69) is 25.1 Å². The van der Waals surface area contributed by atoms with Crippen LogP contribution in [0.3, 0.4) is 0 Å². The van der Waals surface area contributed by atoms with E-state index in [1.807, 2.05) is 6.07 Å². The fraction of sp³-hybridized carbons (Fsp3) is 0.533. The van der Waals surface area contributed by atoms with Crippen molar-refractivity contribution in [3.63, 3.8) is 0 Å². The van der Waals surface area contributed by atoms with Gasteiger partial charge >= 0.3 is 0 Å². The summed E-state index contributed by atoms with van der Waals surface area (Å²) in [7, 11) is 0. The van der Waals surface area contributed by atoms with E-state index in [4.69, 9.17) is 4.74 Å². The minimum atomic E-state index is 0.331. The molecule has 1 aromatic carbocycles. The number of carbonyl (C=O) groups is 1. The van der Waals surface area contributed by atoms with E-state index in [-0.39, 0.29) is 0 Å². The summed E-state index contributed by atoms with van der Waals surface area (Å²) in [6.07, 6.45) is 4.16. The molecule has 2 rings (SSSR count). The molecule has 1 aliphatic heterocycles. The summed E-state index contributed by atoms with van der Waals surface area (Å²) >= 11 is 1.63. The molecule has 1 aromatic rings. The van der Waals surface area contributed by atoms with Gasteiger partial charge in [0, 0.05) is 17.9 Å². The van der Waals surface area contributed by atoms with Gasteiger partial charge in [0.15, 0.2) is 0 Å². The molecule has 0 spiro atoms. The van der Waals surface area contributed by atoms with Gasteiger partial charge in [0.1, 0.15) is 5.78 Å². The van der Waals surface area contributed by atoms with E-state index in [9.17, 15) is 4.79 Å². The minimum Gasteiger partial charge on any atom is -0.378 e. The van der Waals surface area contributed by atoms with Crippen molar-refractivity contribution in [3.8, 4) is 0 Å². The number of carbonyl (C=O) groups excluding carboxylic acids is 1. The molecular weight excluding hydrogens is 244 g/mol. The zero-order valence-electron chi connectivity index (χ0n) is 10.9. The third-order valence-electron chi connectivity index (χ3n) is 3.16. The molecule has 1 unspecified atom stereocenters. The number of hydrogen-bond acceptors (Lipinski definition) is 3. The maximum absolute atomic E-state index is 11.8. The highest BCUT2D eigenvalue weighted by atomic mass is 32.2. The molecule has 0 radical (unpaired) electrons. The second kappa shape index (κ2) is 6.95. The van der Waals surface area contributed by atoms with Gasteiger partial charge in [0.05, 0.1) is 11.9 Å². The van der Waals surface area contributed by atoms with E-state index in [1.165, 1.54) is 10.5 Å². The maximum atomic E-state index is 11.8. The molecule has 1 heterocycles. The largest absolute Gasteiger partial charge is 0.378 e. The van der Waals surface area contributed by atoms with Gasteiger partial charge in [0.25, 0.3) is 0 Å². The number of thioether (sulfide) groups is 1. The van der Waals surface area contributed by atoms with Crippen molar-refractivity contribution in [2.24, 2.45) is 0 Å². The first-order chi connectivity index (χ1) is 8.74. The fourth-order valence-electron chi connectivity index (χ4n) is 2.14. The lowest BCUT2D eigenvalue weighted by atomic mass is 10.1. The van der Waals surface area contributed by atoms with Crippen molar-refractivity contribution in [2.75, 3.05) is 12.4 Å². The zero-order chi connectivity index (χ0) is 12.8. The van der Waals surface area contributed by atoms with Crippen LogP contribution in [0.25, 0.3) is 0 Å². The van der Waals surface area contributed by atoms with E-state index in [1.54, 1.807) is 11.8 Å². The minimum absolute atomic E-state index is 0.331. The summed E-state index contributed by atoms with van der Waals surface area (Å²) in [6.45, 7) is 2.94. The van der Waals surface area contributed by atoms with Crippen molar-refractivity contribution in [1.82, 2.24) is 0 Å². The van der Waals surface area contributed by atoms with Gasteiger partial charge in [-0.3, -0.25) is 4.79 Å². The van der Waals surface area contributed by atoms with Gasteiger partial charge in [-0.25, -0.2) is 0 Å². The summed E-state index contributed by atoms with van der Waals surface area (Å²) in [5.41, 5.74) is 1.24. The first kappa shape index (κ1) is 13.6. The second-order valence-electron chi connectivity index (χ2n) is 4.82. The lowest BCUT2D eigenvalue weighted by Gasteiger charge is -2.08. The number of benzene rings is 1. The number of hydrogen-bond donors (Lipinski definition) is 0. The topological polar surface area (TPSA) is 26.3 Å². The van der Waals surface area contributed by atoms with Crippen LogP contribution in [-0.4, -0.2) is 24.2 Å². The highest BCUT2D eigenvalue weighted by Crippen LogP contribution is 2.21. The van der Waals surface area contributed by atoms with Crippen LogP contribution in [0.15, 0.2) is 29.2 Å². The Morgan fingerprint density at radius 3 is 3.11 bits per heavy atom. The van der Waals surface area contributed by atoms with Crippen LogP contribution in [0.2, 0.25) is 0 Å². The number of ketones is 1. The van der Waals surface area contributed by atoms with Crippen LogP contribution in [0.5, 0.6) is 0 Å². The van der Waals surface area contributed by atoms with E-state index in [0.29, 0.717) is 24.1 Å². The van der Waals surface area contributed by atoms with Crippen molar-refractivity contribution in [2.45, 2.75) is 43.6 Å². The Kier molecular flexibility index (Phi) is 5.26. The van der Waals surface area contributed by atoms with Crippen LogP contribution in [0.4, 0.5) is 0 Å². The number of rotatable bonds is 6. The predicted octanol–water partition coefficient (Wildman–Crippen LogP) is 3.62. The quantitative estimate of drug-likeness (QED) is 0.734. The molecular formula is C15H20O2S. The fourth-order valence-corrected chi connectivity index (χ4v) is 3.05. The smallest absolute Gasteiger partial charge is 0.143 e. The SMILES string of the molecule is Cc1cccc(SCC(=O)CCC2CCCO2)c1. The molecule has 3 heteroatoms. The normalized spacial score (nSPS) is 19.1. The molecule has 1 fully saturated rings. The van der Waals surface area contributed by atoms with Crippen LogP contribution >= 0.6 is 11.8 Å². The van der Waals surface area contributed by atoms with Gasteiger partial charge in [-0.1, -0.05) is 17.7 Å². The Morgan fingerprint density at radius 2 is 2.39 bits per heavy atom. The standard InChI is InChI=1S/C15H20O2S/c1-12-4-2-6-15(10-12)18-11-13(16)7-8-14-5-3-9-17-14/h2,4,6,10,14H,3,5,7-9,11H2,1H3. The molecule has 2 nitrogen and oxygen atoms in total. The summed E-state index contributed by atoms with van der Waals surface area (Å²) in [4.78, 5) is 13.0. The molecule has 0 N–H and O–H groups in total. The van der Waals surface area contributed by atoms with Gasteiger partial charge < -0.3 is 4.74 Å². The Hall–Kier alpha value is -0.800. The molecule has 0 aromatic heterocycles. The molecule has 1 aliphatic rings. The lowest BCUT2D eigenvalue weighted by Crippen LogP contribution is -2.09. The maximum Gasteiger partial charge on any atom is 0.143 e. The zero-order valence-corrected chi connectivity index (χ0v) is 11.7. The Labute approximate surface area is 113 Å². The Bertz CT molecular complexity index is 397. The summed E-state index contributed by atoms with van der Waals surface area (Å²) in [6, 6.07) is 8.29. The van der Waals surface area contributed by atoms with Gasteiger partial charge in [0.2, 0.25) is 0 Å². The highest BCUT2D eigenvalue weighted by molar-refractivity contribution is 8.00. The van der Waals surface area contributed by atoms with Crippen molar-refractivity contribution >= 4 is 17.5 Å². The highest BCUT2D eigenvalue weighted by Gasteiger charge is 2.16. The summed E-state index contributed by atoms with van der Waals surface area (Å²) < 4.78 is 5.52. The van der Waals surface area contributed by atoms with Crippen LogP contribution in [-0.2, 0) is 9.53 Å². The summed E-state index contributed by atoms with van der Waals surface area (Å²) in [5.74, 6) is 0.910. The number of aryl methyl sites for hydroxylation is 1.